The lowest BCUT2D eigenvalue weighted by Crippen LogP contribution is -2.18. The summed E-state index contributed by atoms with van der Waals surface area (Å²) in [6, 6.07) is 11.2. The Morgan fingerprint density at radius 2 is 1.92 bits per heavy atom. The zero-order chi connectivity index (χ0) is 15.9. The molecule has 1 unspecified atom stereocenters. The molecular formula is C20H20N4. The molecular weight excluding hydrogens is 296 g/mol. The number of benzene rings is 1. The summed E-state index contributed by atoms with van der Waals surface area (Å²) in [6.45, 7) is 0. The second-order valence-electron chi connectivity index (χ2n) is 6.92. The summed E-state index contributed by atoms with van der Waals surface area (Å²) >= 11 is 0. The van der Waals surface area contributed by atoms with Crippen LogP contribution in [0.4, 0.5) is 5.82 Å². The summed E-state index contributed by atoms with van der Waals surface area (Å²) in [5.41, 5.74) is 5.98. The third kappa shape index (κ3) is 2.42. The second-order valence-corrected chi connectivity index (χ2v) is 6.92. The highest BCUT2D eigenvalue weighted by Crippen LogP contribution is 2.40. The van der Waals surface area contributed by atoms with Crippen molar-refractivity contribution in [2.24, 2.45) is 0 Å². The largest absolute Gasteiger partial charge is 0.361 e. The Kier molecular flexibility index (Phi) is 3.21. The first kappa shape index (κ1) is 13.9. The van der Waals surface area contributed by atoms with Gasteiger partial charge in [-0.05, 0) is 60.8 Å². The number of pyridine rings is 1. The maximum absolute atomic E-state index is 4.68. The van der Waals surface area contributed by atoms with Gasteiger partial charge in [0.2, 0.25) is 0 Å². The summed E-state index contributed by atoms with van der Waals surface area (Å²) in [4.78, 5) is 13.6. The van der Waals surface area contributed by atoms with Gasteiger partial charge in [-0.2, -0.15) is 0 Å². The number of hydrogen-bond acceptors (Lipinski definition) is 4. The molecule has 1 aromatic carbocycles. The molecule has 2 heterocycles. The van der Waals surface area contributed by atoms with Gasteiger partial charge in [0.15, 0.2) is 5.82 Å². The van der Waals surface area contributed by atoms with Crippen molar-refractivity contribution < 1.29 is 0 Å². The van der Waals surface area contributed by atoms with Crippen LogP contribution in [-0.4, -0.2) is 15.0 Å². The number of fused-ring (bicyclic) bond motifs is 2. The van der Waals surface area contributed by atoms with Gasteiger partial charge in [0.05, 0.1) is 11.6 Å². The lowest BCUT2D eigenvalue weighted by Gasteiger charge is -2.27. The normalized spacial score (nSPS) is 19.9. The number of aryl methyl sites for hydroxylation is 1. The molecule has 4 nitrogen and oxygen atoms in total. The van der Waals surface area contributed by atoms with Crippen molar-refractivity contribution in [1.82, 2.24) is 15.0 Å². The van der Waals surface area contributed by atoms with E-state index in [4.69, 9.17) is 0 Å². The molecule has 2 aliphatic rings. The molecule has 4 heteroatoms. The first-order valence-corrected chi connectivity index (χ1v) is 8.83. The summed E-state index contributed by atoms with van der Waals surface area (Å²) in [5, 5.41) is 3.63. The van der Waals surface area contributed by atoms with Crippen LogP contribution in [0.1, 0.15) is 54.3 Å². The molecule has 1 fully saturated rings. The van der Waals surface area contributed by atoms with E-state index in [-0.39, 0.29) is 0 Å². The van der Waals surface area contributed by atoms with Crippen molar-refractivity contribution in [1.29, 1.82) is 0 Å². The predicted molar refractivity (Wildman–Crippen MR) is 95.1 cm³/mol. The van der Waals surface area contributed by atoms with Gasteiger partial charge in [-0.15, -0.1) is 0 Å². The van der Waals surface area contributed by atoms with Crippen LogP contribution in [0.3, 0.4) is 0 Å². The average Bonchev–Trinajstić information content (AvgIpc) is 3.47. The van der Waals surface area contributed by atoms with E-state index in [9.17, 15) is 0 Å². The lowest BCUT2D eigenvalue weighted by molar-refractivity contribution is 0.599. The first-order valence-electron chi connectivity index (χ1n) is 8.83. The molecule has 0 amide bonds. The third-order valence-corrected chi connectivity index (χ3v) is 5.23. The van der Waals surface area contributed by atoms with E-state index in [1.165, 1.54) is 42.4 Å². The van der Waals surface area contributed by atoms with E-state index in [1.807, 2.05) is 6.20 Å². The molecule has 2 aromatic heterocycles. The van der Waals surface area contributed by atoms with Gasteiger partial charge < -0.3 is 5.32 Å². The quantitative estimate of drug-likeness (QED) is 0.778. The number of rotatable bonds is 3. The molecule has 0 bridgehead atoms. The van der Waals surface area contributed by atoms with Crippen molar-refractivity contribution in [3.05, 3.63) is 59.5 Å². The molecule has 0 spiro atoms. The van der Waals surface area contributed by atoms with E-state index in [0.29, 0.717) is 12.0 Å². The Balaban J connectivity index is 1.51. The minimum absolute atomic E-state index is 0.304. The summed E-state index contributed by atoms with van der Waals surface area (Å²) < 4.78 is 0. The minimum atomic E-state index is 0.304. The van der Waals surface area contributed by atoms with E-state index in [1.54, 1.807) is 6.33 Å². The Labute approximate surface area is 141 Å². The molecule has 5 rings (SSSR count). The van der Waals surface area contributed by atoms with Crippen LogP contribution in [0.25, 0.3) is 11.0 Å². The van der Waals surface area contributed by atoms with Crippen molar-refractivity contribution in [2.45, 2.75) is 44.1 Å². The molecule has 1 atom stereocenters. The van der Waals surface area contributed by atoms with Gasteiger partial charge in [0.1, 0.15) is 11.8 Å². The highest BCUT2D eigenvalue weighted by atomic mass is 15.1. The van der Waals surface area contributed by atoms with Crippen molar-refractivity contribution in [2.75, 3.05) is 5.32 Å². The maximum Gasteiger partial charge on any atom is 0.156 e. The zero-order valence-corrected chi connectivity index (χ0v) is 13.6. The molecule has 1 saturated carbocycles. The fraction of sp³-hybridized carbons (Fsp3) is 0.350. The van der Waals surface area contributed by atoms with Crippen LogP contribution in [0.5, 0.6) is 0 Å². The summed E-state index contributed by atoms with van der Waals surface area (Å²) in [6.07, 6.45) is 9.72. The fourth-order valence-corrected chi connectivity index (χ4v) is 3.77. The Hall–Kier alpha value is -2.49. The molecule has 0 radical (unpaired) electrons. The SMILES string of the molecule is c1ccc2c(c1)CCCC2Nc1ncnc2cc(C3CC3)cnc12. The number of nitrogens with zero attached hydrogens (tertiary/aromatic N) is 3. The molecule has 0 saturated heterocycles. The fourth-order valence-electron chi connectivity index (χ4n) is 3.77. The molecule has 24 heavy (non-hydrogen) atoms. The smallest absolute Gasteiger partial charge is 0.156 e. The standard InChI is InChI=1S/C20H20N4/c1-2-6-16-14(4-1)5-3-7-17(16)24-20-19-18(22-12-23-20)10-15(11-21-19)13-8-9-13/h1-2,4,6,10-13,17H,3,5,7-9H2,(H,22,23,24). The number of hydrogen-bond donors (Lipinski definition) is 1. The second kappa shape index (κ2) is 5.55. The van der Waals surface area contributed by atoms with E-state index in [0.717, 1.165) is 23.3 Å². The first-order chi connectivity index (χ1) is 11.9. The van der Waals surface area contributed by atoms with Crippen LogP contribution in [0.15, 0.2) is 42.9 Å². The van der Waals surface area contributed by atoms with Crippen LogP contribution < -0.4 is 5.32 Å². The molecule has 0 aliphatic heterocycles. The van der Waals surface area contributed by atoms with Crippen LogP contribution in [0.2, 0.25) is 0 Å². The topological polar surface area (TPSA) is 50.7 Å². The van der Waals surface area contributed by atoms with Gasteiger partial charge in [0, 0.05) is 6.20 Å². The molecule has 120 valence electrons. The van der Waals surface area contributed by atoms with Crippen LogP contribution in [-0.2, 0) is 6.42 Å². The van der Waals surface area contributed by atoms with Crippen molar-refractivity contribution in [3.63, 3.8) is 0 Å². The van der Waals surface area contributed by atoms with Gasteiger partial charge in [-0.1, -0.05) is 24.3 Å². The molecule has 3 aromatic rings. The molecule has 2 aliphatic carbocycles. The maximum atomic E-state index is 4.68. The molecule has 1 N–H and O–H groups in total. The predicted octanol–water partition coefficient (Wildman–Crippen LogP) is 4.39. The van der Waals surface area contributed by atoms with E-state index >= 15 is 0 Å². The van der Waals surface area contributed by atoms with Crippen molar-refractivity contribution in [3.8, 4) is 0 Å². The Morgan fingerprint density at radius 3 is 2.83 bits per heavy atom. The highest BCUT2D eigenvalue weighted by Gasteiger charge is 2.25. The van der Waals surface area contributed by atoms with Gasteiger partial charge >= 0.3 is 0 Å². The van der Waals surface area contributed by atoms with Gasteiger partial charge in [-0.3, -0.25) is 4.98 Å². The monoisotopic (exact) mass is 316 g/mol. The Bertz CT molecular complexity index is 901. The summed E-state index contributed by atoms with van der Waals surface area (Å²) in [5.74, 6) is 1.54. The van der Waals surface area contributed by atoms with E-state index < -0.39 is 0 Å². The average molecular weight is 316 g/mol. The third-order valence-electron chi connectivity index (χ3n) is 5.23. The van der Waals surface area contributed by atoms with Crippen molar-refractivity contribution >= 4 is 16.9 Å². The highest BCUT2D eigenvalue weighted by molar-refractivity contribution is 5.85. The number of nitrogens with one attached hydrogen (secondary N) is 1. The lowest BCUT2D eigenvalue weighted by atomic mass is 9.88. The van der Waals surface area contributed by atoms with E-state index in [2.05, 4.69) is 50.6 Å². The zero-order valence-electron chi connectivity index (χ0n) is 13.6. The van der Waals surface area contributed by atoms with Gasteiger partial charge in [-0.25, -0.2) is 9.97 Å². The van der Waals surface area contributed by atoms with Gasteiger partial charge in [0.25, 0.3) is 0 Å². The Morgan fingerprint density at radius 1 is 1.00 bits per heavy atom. The number of aromatic nitrogens is 3. The number of anilines is 1. The van der Waals surface area contributed by atoms with Crippen LogP contribution in [0, 0.1) is 0 Å². The minimum Gasteiger partial charge on any atom is -0.361 e. The van der Waals surface area contributed by atoms with Crippen LogP contribution >= 0.6 is 0 Å². The summed E-state index contributed by atoms with van der Waals surface area (Å²) in [7, 11) is 0.